The molecule has 4 rings (SSSR count). The highest BCUT2D eigenvalue weighted by molar-refractivity contribution is 9.09. The van der Waals surface area contributed by atoms with Gasteiger partial charge in [-0.25, -0.2) is 0 Å². The van der Waals surface area contributed by atoms with Gasteiger partial charge in [0.1, 0.15) is 12.2 Å². The Bertz CT molecular complexity index is 1410. The summed E-state index contributed by atoms with van der Waals surface area (Å²) in [7, 11) is 0. The maximum absolute atomic E-state index is 13.5. The minimum absolute atomic E-state index is 0.0113. The number of hydrogen-bond donors (Lipinski definition) is 3. The van der Waals surface area contributed by atoms with Gasteiger partial charge in [-0.1, -0.05) is 28.1 Å². The Balaban J connectivity index is 1.27. The Morgan fingerprint density at radius 1 is 1.00 bits per heavy atom. The van der Waals surface area contributed by atoms with Crippen LogP contribution in [0.1, 0.15) is 67.9 Å². The number of carbonyl (C=O) groups is 4. The van der Waals surface area contributed by atoms with Crippen LogP contribution in [0.15, 0.2) is 41.8 Å². The molecular formula is C32H42BrN5O4S. The summed E-state index contributed by atoms with van der Waals surface area (Å²) < 4.78 is 2.80. The molecule has 0 unspecified atom stereocenters. The molecule has 0 saturated heterocycles. The number of aryl methyl sites for hydroxylation is 1. The predicted octanol–water partition coefficient (Wildman–Crippen LogP) is 5.15. The van der Waals surface area contributed by atoms with E-state index in [0.29, 0.717) is 30.7 Å². The van der Waals surface area contributed by atoms with Gasteiger partial charge in [0.2, 0.25) is 17.7 Å². The number of hydrogen-bond acceptors (Lipinski definition) is 5. The third kappa shape index (κ3) is 8.92. The Morgan fingerprint density at radius 2 is 1.74 bits per heavy atom. The highest BCUT2D eigenvalue weighted by Gasteiger charge is 2.28. The lowest BCUT2D eigenvalue weighted by Gasteiger charge is -2.28. The van der Waals surface area contributed by atoms with E-state index in [4.69, 9.17) is 0 Å². The number of fused-ring (bicyclic) bond motifs is 1. The number of alkyl halides is 1. The molecule has 0 radical (unpaired) electrons. The number of anilines is 1. The van der Waals surface area contributed by atoms with Crippen molar-refractivity contribution in [1.82, 2.24) is 20.5 Å². The molecule has 2 aromatic heterocycles. The van der Waals surface area contributed by atoms with E-state index in [2.05, 4.69) is 31.9 Å². The van der Waals surface area contributed by atoms with Crippen molar-refractivity contribution in [3.05, 3.63) is 53.0 Å². The topological polar surface area (TPSA) is 113 Å². The molecule has 43 heavy (non-hydrogen) atoms. The van der Waals surface area contributed by atoms with Crippen molar-refractivity contribution in [2.75, 3.05) is 29.9 Å². The first kappa shape index (κ1) is 32.7. The predicted molar refractivity (Wildman–Crippen MR) is 176 cm³/mol. The fourth-order valence-electron chi connectivity index (χ4n) is 5.67. The smallest absolute Gasteiger partial charge is 0.268 e. The lowest BCUT2D eigenvalue weighted by Crippen LogP contribution is -2.42. The molecule has 9 nitrogen and oxygen atoms in total. The van der Waals surface area contributed by atoms with E-state index < -0.39 is 0 Å². The number of unbranched alkanes of at least 4 members (excludes halogenated alkanes) is 2. The van der Waals surface area contributed by atoms with Crippen LogP contribution in [0, 0.1) is 12.8 Å². The lowest BCUT2D eigenvalue weighted by atomic mass is 9.85. The Hall–Kier alpha value is -3.18. The van der Waals surface area contributed by atoms with Crippen molar-refractivity contribution in [2.45, 2.75) is 71.4 Å². The van der Waals surface area contributed by atoms with Crippen molar-refractivity contribution < 1.29 is 19.2 Å². The quantitative estimate of drug-likeness (QED) is 0.163. The van der Waals surface area contributed by atoms with E-state index in [9.17, 15) is 19.2 Å². The summed E-state index contributed by atoms with van der Waals surface area (Å²) in [6, 6.07) is 11.7. The maximum Gasteiger partial charge on any atom is 0.268 e. The number of likely N-dealkylation sites (N-methyl/N-ethyl adjacent to an activating group) is 1. The van der Waals surface area contributed by atoms with Crippen LogP contribution in [0.5, 0.6) is 0 Å². The van der Waals surface area contributed by atoms with Crippen LogP contribution in [-0.2, 0) is 20.9 Å². The number of nitrogens with one attached hydrogen (secondary N) is 3. The minimum atomic E-state index is -0.185. The fourth-order valence-corrected chi connectivity index (χ4v) is 6.69. The van der Waals surface area contributed by atoms with Crippen molar-refractivity contribution in [2.24, 2.45) is 5.92 Å². The van der Waals surface area contributed by atoms with Crippen LogP contribution in [0.25, 0.3) is 10.2 Å². The van der Waals surface area contributed by atoms with Gasteiger partial charge >= 0.3 is 0 Å². The number of aromatic nitrogens is 1. The van der Waals surface area contributed by atoms with Gasteiger partial charge in [0.05, 0.1) is 15.5 Å². The summed E-state index contributed by atoms with van der Waals surface area (Å²) in [5, 5.41) is 11.3. The van der Waals surface area contributed by atoms with Crippen LogP contribution in [-0.4, -0.2) is 59.2 Å². The number of nitrogens with zero attached hydrogens (tertiary/aromatic N) is 2. The summed E-state index contributed by atoms with van der Waals surface area (Å²) in [5.41, 5.74) is 3.31. The number of carbonyl (C=O) groups excluding carboxylic acids is 4. The first-order valence-electron chi connectivity index (χ1n) is 15.2. The SMILES string of the molecule is CCN(C(=O)Cn1c(C(=O)NC2CCC(C(=O)NCCCCCNC(=O)CBr)CC2)cc2sccc21)c1cccc(C)c1. The monoisotopic (exact) mass is 671 g/mol. The van der Waals surface area contributed by atoms with E-state index in [1.807, 2.05) is 60.2 Å². The number of rotatable bonds is 14. The summed E-state index contributed by atoms with van der Waals surface area (Å²) in [5.74, 6) is -0.228. The van der Waals surface area contributed by atoms with E-state index in [0.717, 1.165) is 66.4 Å². The summed E-state index contributed by atoms with van der Waals surface area (Å²) in [6.07, 6.45) is 5.64. The minimum Gasteiger partial charge on any atom is -0.356 e. The van der Waals surface area contributed by atoms with Crippen molar-refractivity contribution in [1.29, 1.82) is 0 Å². The molecular weight excluding hydrogens is 630 g/mol. The molecule has 1 aromatic carbocycles. The first-order chi connectivity index (χ1) is 20.8. The number of amides is 4. The van der Waals surface area contributed by atoms with E-state index in [-0.39, 0.29) is 42.1 Å². The molecule has 3 aromatic rings. The first-order valence-corrected chi connectivity index (χ1v) is 17.2. The molecule has 1 aliphatic rings. The van der Waals surface area contributed by atoms with E-state index >= 15 is 0 Å². The zero-order chi connectivity index (χ0) is 30.8. The largest absolute Gasteiger partial charge is 0.356 e. The normalized spacial score (nSPS) is 16.5. The standard InChI is InChI=1S/C32H42BrN5O4S/c1-3-37(25-9-7-8-22(2)18-25)30(40)21-38-26-14-17-43-28(26)19-27(38)32(42)36-24-12-10-23(11-13-24)31(41)35-16-6-4-5-15-34-29(39)20-33/h7-9,14,17-19,23-24H,3-6,10-13,15-16,20-21H2,1-2H3,(H,34,39)(H,35,41)(H,36,42). The zero-order valence-electron chi connectivity index (χ0n) is 25.0. The molecule has 4 amide bonds. The molecule has 0 bridgehead atoms. The Kier molecular flexibility index (Phi) is 12.2. The van der Waals surface area contributed by atoms with Gasteiger partial charge in [0, 0.05) is 37.3 Å². The molecule has 0 aliphatic heterocycles. The zero-order valence-corrected chi connectivity index (χ0v) is 27.4. The third-order valence-electron chi connectivity index (χ3n) is 8.01. The van der Waals surface area contributed by atoms with Crippen molar-refractivity contribution in [3.8, 4) is 0 Å². The van der Waals surface area contributed by atoms with E-state index in [1.165, 1.54) is 0 Å². The van der Waals surface area contributed by atoms with Gasteiger partial charge in [-0.3, -0.25) is 19.2 Å². The second-order valence-electron chi connectivity index (χ2n) is 11.1. The second kappa shape index (κ2) is 16.0. The molecule has 232 valence electrons. The van der Waals surface area contributed by atoms with Gasteiger partial charge in [0.25, 0.3) is 5.91 Å². The Labute approximate surface area is 265 Å². The average Bonchev–Trinajstić information content (AvgIpc) is 3.60. The van der Waals surface area contributed by atoms with Crippen LogP contribution in [0.3, 0.4) is 0 Å². The second-order valence-corrected chi connectivity index (χ2v) is 12.6. The fraction of sp³-hybridized carbons (Fsp3) is 0.500. The number of thiophene rings is 1. The number of halogens is 1. The summed E-state index contributed by atoms with van der Waals surface area (Å²) >= 11 is 4.68. The van der Waals surface area contributed by atoms with Crippen molar-refractivity contribution >= 4 is 66.8 Å². The Morgan fingerprint density at radius 3 is 2.44 bits per heavy atom. The molecule has 1 aliphatic carbocycles. The number of benzene rings is 1. The molecule has 1 saturated carbocycles. The van der Waals surface area contributed by atoms with Gasteiger partial charge in [-0.05, 0) is 94.0 Å². The molecule has 0 atom stereocenters. The van der Waals surface area contributed by atoms with Gasteiger partial charge < -0.3 is 25.4 Å². The summed E-state index contributed by atoms with van der Waals surface area (Å²) in [6.45, 7) is 5.85. The molecule has 11 heteroatoms. The highest BCUT2D eigenvalue weighted by Crippen LogP contribution is 2.28. The van der Waals surface area contributed by atoms with Crippen LogP contribution < -0.4 is 20.9 Å². The van der Waals surface area contributed by atoms with Crippen LogP contribution in [0.2, 0.25) is 0 Å². The van der Waals surface area contributed by atoms with Gasteiger partial charge in [0.15, 0.2) is 0 Å². The van der Waals surface area contributed by atoms with Crippen LogP contribution >= 0.6 is 27.3 Å². The molecule has 1 fully saturated rings. The van der Waals surface area contributed by atoms with Gasteiger partial charge in [-0.2, -0.15) is 0 Å². The molecule has 2 heterocycles. The molecule has 3 N–H and O–H groups in total. The highest BCUT2D eigenvalue weighted by atomic mass is 79.9. The maximum atomic E-state index is 13.5. The van der Waals surface area contributed by atoms with Gasteiger partial charge in [-0.15, -0.1) is 11.3 Å². The average molecular weight is 673 g/mol. The summed E-state index contributed by atoms with van der Waals surface area (Å²) in [4.78, 5) is 52.7. The lowest BCUT2D eigenvalue weighted by molar-refractivity contribution is -0.126. The third-order valence-corrected chi connectivity index (χ3v) is 9.37. The van der Waals surface area contributed by atoms with Crippen LogP contribution in [0.4, 0.5) is 5.69 Å². The molecule has 0 spiro atoms. The van der Waals surface area contributed by atoms with E-state index in [1.54, 1.807) is 16.2 Å². The van der Waals surface area contributed by atoms with Crippen molar-refractivity contribution in [3.63, 3.8) is 0 Å².